The van der Waals surface area contributed by atoms with Crippen molar-refractivity contribution in [3.63, 3.8) is 0 Å². The molecule has 1 amide bonds. The molecule has 3 aromatic rings. The number of rotatable bonds is 4. The normalized spacial score (nSPS) is 22.0. The van der Waals surface area contributed by atoms with Gasteiger partial charge in [0.15, 0.2) is 5.82 Å². The molecule has 6 rings (SSSR count). The Labute approximate surface area is 194 Å². The van der Waals surface area contributed by atoms with E-state index >= 15 is 0 Å². The van der Waals surface area contributed by atoms with Gasteiger partial charge in [0.25, 0.3) is 5.91 Å². The van der Waals surface area contributed by atoms with Crippen LogP contribution in [0.4, 0.5) is 13.2 Å². The van der Waals surface area contributed by atoms with Crippen molar-refractivity contribution in [2.24, 2.45) is 5.92 Å². The maximum absolute atomic E-state index is 13.7. The largest absolute Gasteiger partial charge is 0.472 e. The highest BCUT2D eigenvalue weighted by Crippen LogP contribution is 2.38. The summed E-state index contributed by atoms with van der Waals surface area (Å²) < 4.78 is 44.5. The van der Waals surface area contributed by atoms with E-state index in [0.717, 1.165) is 30.7 Å². The number of aryl methyl sites for hydroxylation is 1. The number of ether oxygens (including phenoxy) is 1. The minimum absolute atomic E-state index is 0.116. The van der Waals surface area contributed by atoms with Crippen LogP contribution in [0.15, 0.2) is 49.1 Å². The Morgan fingerprint density at radius 1 is 1.09 bits per heavy atom. The third kappa shape index (κ3) is 4.32. The summed E-state index contributed by atoms with van der Waals surface area (Å²) in [5.74, 6) is 0.539. The molecular weight excluding hydrogens is 447 g/mol. The summed E-state index contributed by atoms with van der Waals surface area (Å²) in [6.07, 6.45) is 3.24. The molecule has 0 spiro atoms. The minimum Gasteiger partial charge on any atom is -0.472 e. The molecule has 0 aromatic carbocycles. The standard InChI is InChI=1S/C24H22F3N5O2/c1-14-9-17(22-28-7-2-8-29-22)21(31-11-14)23(33)32-13-15-3-5-18(32)19(10-15)34-20-6-4-16(12-30-20)24(25,26)27/h2,4,6-9,11-12,15,18-19H,3,5,10,13H2,1H3/t15?,18-,19+/m0/s1. The van der Waals surface area contributed by atoms with Gasteiger partial charge in [-0.15, -0.1) is 0 Å². The van der Waals surface area contributed by atoms with Crippen LogP contribution in [-0.4, -0.2) is 49.4 Å². The molecule has 2 bridgehead atoms. The van der Waals surface area contributed by atoms with Crippen molar-refractivity contribution in [2.45, 2.75) is 44.5 Å². The number of piperidine rings is 2. The zero-order valence-electron chi connectivity index (χ0n) is 18.4. The van der Waals surface area contributed by atoms with E-state index in [0.29, 0.717) is 24.4 Å². The lowest BCUT2D eigenvalue weighted by atomic mass is 9.77. The van der Waals surface area contributed by atoms with Gasteiger partial charge in [0.05, 0.1) is 17.2 Å². The Balaban J connectivity index is 1.40. The summed E-state index contributed by atoms with van der Waals surface area (Å²) in [6, 6.07) is 5.50. The average molecular weight is 469 g/mol. The van der Waals surface area contributed by atoms with E-state index in [1.807, 2.05) is 13.0 Å². The van der Waals surface area contributed by atoms with E-state index in [2.05, 4.69) is 19.9 Å². The zero-order chi connectivity index (χ0) is 23.9. The van der Waals surface area contributed by atoms with Crippen LogP contribution >= 0.6 is 0 Å². The summed E-state index contributed by atoms with van der Waals surface area (Å²) in [6.45, 7) is 2.46. The van der Waals surface area contributed by atoms with Crippen molar-refractivity contribution < 1.29 is 22.7 Å². The van der Waals surface area contributed by atoms with Crippen LogP contribution in [-0.2, 0) is 6.18 Å². The molecule has 2 saturated heterocycles. The number of hydrogen-bond acceptors (Lipinski definition) is 6. The van der Waals surface area contributed by atoms with E-state index in [1.165, 1.54) is 6.07 Å². The van der Waals surface area contributed by atoms with Gasteiger partial charge >= 0.3 is 6.18 Å². The van der Waals surface area contributed by atoms with E-state index in [9.17, 15) is 18.0 Å². The number of alkyl halides is 3. The highest BCUT2D eigenvalue weighted by atomic mass is 19.4. The van der Waals surface area contributed by atoms with Gasteiger partial charge in [-0.1, -0.05) is 0 Å². The molecule has 1 saturated carbocycles. The molecule has 176 valence electrons. The van der Waals surface area contributed by atoms with Gasteiger partial charge in [0, 0.05) is 37.4 Å². The molecule has 3 fully saturated rings. The van der Waals surface area contributed by atoms with Crippen LogP contribution in [0.1, 0.15) is 40.9 Å². The van der Waals surface area contributed by atoms with Gasteiger partial charge in [-0.2, -0.15) is 13.2 Å². The molecule has 1 aliphatic carbocycles. The summed E-state index contributed by atoms with van der Waals surface area (Å²) in [5, 5.41) is 0. The Morgan fingerprint density at radius 3 is 2.56 bits per heavy atom. The van der Waals surface area contributed by atoms with Gasteiger partial charge in [0.2, 0.25) is 5.88 Å². The quantitative estimate of drug-likeness (QED) is 0.566. The van der Waals surface area contributed by atoms with Crippen LogP contribution in [0.3, 0.4) is 0 Å². The highest BCUT2D eigenvalue weighted by molar-refractivity contribution is 5.98. The molecule has 1 unspecified atom stereocenters. The number of nitrogens with zero attached hydrogens (tertiary/aromatic N) is 5. The van der Waals surface area contributed by atoms with E-state index in [4.69, 9.17) is 4.74 Å². The summed E-state index contributed by atoms with van der Waals surface area (Å²) in [7, 11) is 0. The number of amides is 1. The third-order valence-electron chi connectivity index (χ3n) is 6.35. The molecule has 7 nitrogen and oxygen atoms in total. The molecule has 0 radical (unpaired) electrons. The smallest absolute Gasteiger partial charge is 0.417 e. The molecule has 0 N–H and O–H groups in total. The highest BCUT2D eigenvalue weighted by Gasteiger charge is 2.45. The van der Waals surface area contributed by atoms with Crippen molar-refractivity contribution in [1.82, 2.24) is 24.8 Å². The Morgan fingerprint density at radius 2 is 1.88 bits per heavy atom. The maximum atomic E-state index is 13.7. The Kier molecular flexibility index (Phi) is 5.66. The second-order valence-corrected chi connectivity index (χ2v) is 8.72. The van der Waals surface area contributed by atoms with Crippen molar-refractivity contribution in [3.8, 4) is 17.3 Å². The monoisotopic (exact) mass is 469 g/mol. The molecule has 3 atom stereocenters. The Hall–Kier alpha value is -3.56. The fraction of sp³-hybridized carbons (Fsp3) is 0.375. The third-order valence-corrected chi connectivity index (χ3v) is 6.35. The fourth-order valence-corrected chi connectivity index (χ4v) is 4.75. The molecule has 3 aliphatic rings. The van der Waals surface area contributed by atoms with Gasteiger partial charge in [0.1, 0.15) is 11.8 Å². The van der Waals surface area contributed by atoms with Crippen LogP contribution in [0.2, 0.25) is 0 Å². The SMILES string of the molecule is Cc1cnc(C(=O)N2CC3CC[C@H]2[C@H](Oc2ccc(C(F)(F)F)cn2)C3)c(-c2ncccn2)c1. The van der Waals surface area contributed by atoms with Crippen molar-refractivity contribution in [2.75, 3.05) is 6.54 Å². The Bertz CT molecular complexity index is 1190. The summed E-state index contributed by atoms with van der Waals surface area (Å²) in [4.78, 5) is 32.3. The zero-order valence-corrected chi connectivity index (χ0v) is 18.4. The maximum Gasteiger partial charge on any atom is 0.417 e. The topological polar surface area (TPSA) is 81.1 Å². The number of halogens is 3. The van der Waals surface area contributed by atoms with Crippen LogP contribution in [0.25, 0.3) is 11.4 Å². The first-order valence-electron chi connectivity index (χ1n) is 11.0. The minimum atomic E-state index is -4.46. The van der Waals surface area contributed by atoms with Gasteiger partial charge in [-0.05, 0) is 55.9 Å². The first kappa shape index (κ1) is 22.2. The average Bonchev–Trinajstić information content (AvgIpc) is 2.84. The molecule has 5 heterocycles. The van der Waals surface area contributed by atoms with Crippen molar-refractivity contribution in [3.05, 3.63) is 65.9 Å². The van der Waals surface area contributed by atoms with E-state index in [-0.39, 0.29) is 35.5 Å². The summed E-state index contributed by atoms with van der Waals surface area (Å²) >= 11 is 0. The number of carbonyl (C=O) groups excluding carboxylic acids is 1. The van der Waals surface area contributed by atoms with Crippen molar-refractivity contribution in [1.29, 1.82) is 0 Å². The lowest BCUT2D eigenvalue weighted by Crippen LogP contribution is -2.59. The molecule has 10 heteroatoms. The van der Waals surface area contributed by atoms with Crippen LogP contribution < -0.4 is 4.74 Å². The number of carbonyl (C=O) groups is 1. The molecule has 34 heavy (non-hydrogen) atoms. The predicted octanol–water partition coefficient (Wildman–Crippen LogP) is 4.33. The van der Waals surface area contributed by atoms with E-state index in [1.54, 1.807) is 29.6 Å². The van der Waals surface area contributed by atoms with E-state index < -0.39 is 11.7 Å². The second kappa shape index (κ2) is 8.66. The summed E-state index contributed by atoms with van der Waals surface area (Å²) in [5.41, 5.74) is 0.890. The predicted molar refractivity (Wildman–Crippen MR) is 116 cm³/mol. The molecule has 3 aromatic heterocycles. The lowest BCUT2D eigenvalue weighted by Gasteiger charge is -2.49. The second-order valence-electron chi connectivity index (χ2n) is 8.72. The van der Waals surface area contributed by atoms with Crippen LogP contribution in [0, 0.1) is 12.8 Å². The fourth-order valence-electron chi connectivity index (χ4n) is 4.75. The number of pyridine rings is 2. The van der Waals surface area contributed by atoms with Gasteiger partial charge in [-0.25, -0.2) is 15.0 Å². The van der Waals surface area contributed by atoms with Crippen LogP contribution in [0.5, 0.6) is 5.88 Å². The lowest BCUT2D eigenvalue weighted by molar-refractivity contribution is -0.137. The molecular formula is C24H22F3N5O2. The first-order valence-corrected chi connectivity index (χ1v) is 11.0. The number of fused-ring (bicyclic) bond motifs is 3. The number of hydrogen-bond donors (Lipinski definition) is 0. The molecule has 2 aliphatic heterocycles. The van der Waals surface area contributed by atoms with Crippen molar-refractivity contribution >= 4 is 5.91 Å². The van der Waals surface area contributed by atoms with Gasteiger partial charge < -0.3 is 9.64 Å². The number of aromatic nitrogens is 4. The van der Waals surface area contributed by atoms with Gasteiger partial charge in [-0.3, -0.25) is 9.78 Å². The first-order chi connectivity index (χ1) is 16.3.